The van der Waals surface area contributed by atoms with E-state index in [4.69, 9.17) is 11.6 Å². The Hall–Kier alpha value is -1.55. The third-order valence-electron chi connectivity index (χ3n) is 2.89. The maximum absolute atomic E-state index is 11.8. The molecule has 2 heterocycles. The summed E-state index contributed by atoms with van der Waals surface area (Å²) in [5.41, 5.74) is 1.91. The molecule has 2 rings (SSSR count). The zero-order valence-electron chi connectivity index (χ0n) is 10.3. The number of aromatic nitrogens is 2. The number of carbonyl (C=O) groups excluding carboxylic acids is 1. The molecule has 0 unspecified atom stereocenters. The molecule has 0 bridgehead atoms. The lowest BCUT2D eigenvalue weighted by Crippen LogP contribution is -2.30. The van der Waals surface area contributed by atoms with Crippen molar-refractivity contribution in [3.8, 4) is 0 Å². The standard InChI is InChI=1S/C13H16ClN3O/c1-2-16(13(18)6-7-14)10-11-9-15-12-5-3-4-8-17(11)12/h3-5,8-9H,2,6-7,10H2,1H3. The SMILES string of the molecule is CCN(Cc1cnc2ccccn12)C(=O)CCCl. The minimum atomic E-state index is 0.0818. The Kier molecular flexibility index (Phi) is 4.20. The summed E-state index contributed by atoms with van der Waals surface area (Å²) in [5.74, 6) is 0.445. The number of pyridine rings is 1. The fourth-order valence-electron chi connectivity index (χ4n) is 1.91. The van der Waals surface area contributed by atoms with Crippen molar-refractivity contribution in [2.24, 2.45) is 0 Å². The molecule has 0 radical (unpaired) electrons. The van der Waals surface area contributed by atoms with E-state index in [1.807, 2.05) is 41.9 Å². The van der Waals surface area contributed by atoms with Gasteiger partial charge < -0.3 is 9.30 Å². The number of imidazole rings is 1. The number of hydrogen-bond acceptors (Lipinski definition) is 2. The number of halogens is 1. The maximum atomic E-state index is 11.8. The molecule has 0 aliphatic carbocycles. The molecule has 1 amide bonds. The van der Waals surface area contributed by atoms with Crippen LogP contribution in [0.4, 0.5) is 0 Å². The summed E-state index contributed by atoms with van der Waals surface area (Å²) < 4.78 is 2.00. The number of rotatable bonds is 5. The normalized spacial score (nSPS) is 10.8. The number of nitrogens with zero attached hydrogens (tertiary/aromatic N) is 3. The third kappa shape index (κ3) is 2.64. The minimum absolute atomic E-state index is 0.0818. The highest BCUT2D eigenvalue weighted by molar-refractivity contribution is 6.18. The molecule has 0 spiro atoms. The van der Waals surface area contributed by atoms with Gasteiger partial charge in [-0.25, -0.2) is 4.98 Å². The molecular formula is C13H16ClN3O. The Morgan fingerprint density at radius 2 is 2.33 bits per heavy atom. The van der Waals surface area contributed by atoms with Crippen molar-refractivity contribution in [2.75, 3.05) is 12.4 Å². The lowest BCUT2D eigenvalue weighted by atomic mass is 10.3. The topological polar surface area (TPSA) is 37.6 Å². The quantitative estimate of drug-likeness (QED) is 0.778. The van der Waals surface area contributed by atoms with Gasteiger partial charge in [0.15, 0.2) is 0 Å². The third-order valence-corrected chi connectivity index (χ3v) is 3.08. The van der Waals surface area contributed by atoms with Crippen LogP contribution in [-0.2, 0) is 11.3 Å². The Bertz CT molecular complexity index is 538. The van der Waals surface area contributed by atoms with E-state index in [1.54, 1.807) is 4.90 Å². The molecule has 2 aromatic heterocycles. The minimum Gasteiger partial charge on any atom is -0.337 e. The molecule has 2 aromatic rings. The first-order chi connectivity index (χ1) is 8.76. The Morgan fingerprint density at radius 3 is 3.06 bits per heavy atom. The van der Waals surface area contributed by atoms with Crippen molar-refractivity contribution in [3.05, 3.63) is 36.3 Å². The second-order valence-corrected chi connectivity index (χ2v) is 4.40. The van der Waals surface area contributed by atoms with Gasteiger partial charge in [0.1, 0.15) is 5.65 Å². The average Bonchev–Trinajstić information content (AvgIpc) is 2.79. The number of alkyl halides is 1. The van der Waals surface area contributed by atoms with Gasteiger partial charge >= 0.3 is 0 Å². The number of amides is 1. The summed E-state index contributed by atoms with van der Waals surface area (Å²) in [6.45, 7) is 3.21. The average molecular weight is 266 g/mol. The predicted molar refractivity (Wildman–Crippen MR) is 71.6 cm³/mol. The van der Waals surface area contributed by atoms with Gasteiger partial charge in [0.2, 0.25) is 5.91 Å². The van der Waals surface area contributed by atoms with Gasteiger partial charge in [-0.15, -0.1) is 11.6 Å². The second-order valence-electron chi connectivity index (χ2n) is 4.03. The van der Waals surface area contributed by atoms with E-state index in [0.29, 0.717) is 25.4 Å². The molecule has 0 N–H and O–H groups in total. The van der Waals surface area contributed by atoms with E-state index in [-0.39, 0.29) is 5.91 Å². The number of carbonyl (C=O) groups is 1. The summed E-state index contributed by atoms with van der Waals surface area (Å²) >= 11 is 5.61. The highest BCUT2D eigenvalue weighted by atomic mass is 35.5. The Morgan fingerprint density at radius 1 is 1.50 bits per heavy atom. The van der Waals surface area contributed by atoms with Crippen LogP contribution in [0.15, 0.2) is 30.6 Å². The molecule has 0 aromatic carbocycles. The zero-order valence-corrected chi connectivity index (χ0v) is 11.1. The first-order valence-electron chi connectivity index (χ1n) is 6.01. The zero-order chi connectivity index (χ0) is 13.0. The lowest BCUT2D eigenvalue weighted by molar-refractivity contribution is -0.131. The summed E-state index contributed by atoms with van der Waals surface area (Å²) in [5, 5.41) is 0. The van der Waals surface area contributed by atoms with E-state index in [2.05, 4.69) is 4.98 Å². The van der Waals surface area contributed by atoms with Crippen LogP contribution >= 0.6 is 11.6 Å². The van der Waals surface area contributed by atoms with Crippen LogP contribution in [0.25, 0.3) is 5.65 Å². The maximum Gasteiger partial charge on any atom is 0.224 e. The highest BCUT2D eigenvalue weighted by Crippen LogP contribution is 2.10. The van der Waals surface area contributed by atoms with Crippen LogP contribution in [0.1, 0.15) is 19.0 Å². The Balaban J connectivity index is 2.19. The molecule has 4 nitrogen and oxygen atoms in total. The fourth-order valence-corrected chi connectivity index (χ4v) is 2.07. The molecule has 0 atom stereocenters. The Labute approximate surface area is 111 Å². The smallest absolute Gasteiger partial charge is 0.224 e. The van der Waals surface area contributed by atoms with Crippen molar-refractivity contribution in [1.82, 2.24) is 14.3 Å². The predicted octanol–water partition coefficient (Wildman–Crippen LogP) is 2.31. The van der Waals surface area contributed by atoms with E-state index < -0.39 is 0 Å². The highest BCUT2D eigenvalue weighted by Gasteiger charge is 2.13. The molecular weight excluding hydrogens is 250 g/mol. The second kappa shape index (κ2) is 5.87. The van der Waals surface area contributed by atoms with Gasteiger partial charge in [-0.1, -0.05) is 6.07 Å². The number of fused-ring (bicyclic) bond motifs is 1. The van der Waals surface area contributed by atoms with Gasteiger partial charge in [-0.05, 0) is 19.1 Å². The first-order valence-corrected chi connectivity index (χ1v) is 6.54. The van der Waals surface area contributed by atoms with E-state index in [9.17, 15) is 4.79 Å². The monoisotopic (exact) mass is 265 g/mol. The van der Waals surface area contributed by atoms with Crippen molar-refractivity contribution < 1.29 is 4.79 Å². The summed E-state index contributed by atoms with van der Waals surface area (Å²) in [7, 11) is 0. The summed E-state index contributed by atoms with van der Waals surface area (Å²) in [6.07, 6.45) is 4.15. The van der Waals surface area contributed by atoms with Gasteiger partial charge in [-0.3, -0.25) is 4.79 Å². The largest absolute Gasteiger partial charge is 0.337 e. The molecule has 96 valence electrons. The molecule has 0 aliphatic rings. The van der Waals surface area contributed by atoms with Crippen LogP contribution in [0.3, 0.4) is 0 Å². The van der Waals surface area contributed by atoms with Crippen molar-refractivity contribution in [2.45, 2.75) is 19.9 Å². The first kappa shape index (κ1) is 12.9. The van der Waals surface area contributed by atoms with Gasteiger partial charge in [0.25, 0.3) is 0 Å². The molecule has 0 saturated carbocycles. The van der Waals surface area contributed by atoms with Crippen LogP contribution in [-0.4, -0.2) is 32.6 Å². The molecule has 0 fully saturated rings. The summed E-state index contributed by atoms with van der Waals surface area (Å²) in [4.78, 5) is 17.9. The van der Waals surface area contributed by atoms with Gasteiger partial charge in [-0.2, -0.15) is 0 Å². The molecule has 18 heavy (non-hydrogen) atoms. The van der Waals surface area contributed by atoms with Gasteiger partial charge in [0, 0.05) is 25.0 Å². The molecule has 0 saturated heterocycles. The van der Waals surface area contributed by atoms with Gasteiger partial charge in [0.05, 0.1) is 18.4 Å². The van der Waals surface area contributed by atoms with Crippen molar-refractivity contribution in [1.29, 1.82) is 0 Å². The van der Waals surface area contributed by atoms with E-state index in [0.717, 1.165) is 11.3 Å². The summed E-state index contributed by atoms with van der Waals surface area (Å²) in [6, 6.07) is 5.85. The molecule has 0 aliphatic heterocycles. The van der Waals surface area contributed by atoms with Crippen molar-refractivity contribution >= 4 is 23.2 Å². The van der Waals surface area contributed by atoms with Crippen LogP contribution < -0.4 is 0 Å². The lowest BCUT2D eigenvalue weighted by Gasteiger charge is -2.20. The van der Waals surface area contributed by atoms with Crippen molar-refractivity contribution in [3.63, 3.8) is 0 Å². The van der Waals surface area contributed by atoms with Crippen LogP contribution in [0.5, 0.6) is 0 Å². The van der Waals surface area contributed by atoms with E-state index in [1.165, 1.54) is 0 Å². The fraction of sp³-hybridized carbons (Fsp3) is 0.385. The van der Waals surface area contributed by atoms with Crippen LogP contribution in [0.2, 0.25) is 0 Å². The number of hydrogen-bond donors (Lipinski definition) is 0. The molecule has 5 heteroatoms. The van der Waals surface area contributed by atoms with Crippen LogP contribution in [0, 0.1) is 0 Å². The van der Waals surface area contributed by atoms with E-state index >= 15 is 0 Å².